The average Bonchev–Trinajstić information content (AvgIpc) is 3.06. The fourth-order valence-electron chi connectivity index (χ4n) is 3.65. The van der Waals surface area contributed by atoms with Gasteiger partial charge < -0.3 is 24.2 Å². The van der Waals surface area contributed by atoms with Crippen molar-refractivity contribution in [3.05, 3.63) is 28.8 Å². The summed E-state index contributed by atoms with van der Waals surface area (Å²) in [6.45, 7) is 7.10. The zero-order valence-electron chi connectivity index (χ0n) is 16.9. The number of methoxy groups -OCH3 is 1. The Labute approximate surface area is 161 Å². The van der Waals surface area contributed by atoms with Gasteiger partial charge in [-0.1, -0.05) is 17.6 Å². The summed E-state index contributed by atoms with van der Waals surface area (Å²) in [5, 5.41) is 10.7. The molecule has 0 fully saturated rings. The minimum Gasteiger partial charge on any atom is -0.492 e. The minimum atomic E-state index is -1.02. The van der Waals surface area contributed by atoms with Gasteiger partial charge in [-0.2, -0.15) is 0 Å². The lowest BCUT2D eigenvalue weighted by Crippen LogP contribution is -3.10. The standard InChI is InChI=1S/C22H29NO4/c1-15(2)7-6-10-22(3,24)11-8-17-19-16(9-12-23(17)4)13-18-20(21(19)25-5)27-14-26-18/h7,13,17,24H,6,9-10,12,14H2,1-5H3/p+1/t17-,22+/m1/s1. The lowest BCUT2D eigenvalue weighted by atomic mass is 9.90. The SMILES string of the molecule is COc1c2c(cc3c1[C@@H](C#C[C@@](C)(O)CCC=C(C)C)[NH+](C)CC3)OCO2. The Morgan fingerprint density at radius 2 is 2.22 bits per heavy atom. The van der Waals surface area contributed by atoms with Crippen LogP contribution in [0.3, 0.4) is 0 Å². The molecule has 3 rings (SSSR count). The molecule has 2 heterocycles. The van der Waals surface area contributed by atoms with Crippen molar-refractivity contribution in [2.45, 2.75) is 51.7 Å². The van der Waals surface area contributed by atoms with Crippen LogP contribution in [0.4, 0.5) is 0 Å². The van der Waals surface area contributed by atoms with Gasteiger partial charge in [0.25, 0.3) is 0 Å². The molecule has 1 aromatic rings. The summed E-state index contributed by atoms with van der Waals surface area (Å²) in [4.78, 5) is 1.28. The summed E-state index contributed by atoms with van der Waals surface area (Å²) in [6.07, 6.45) is 4.49. The van der Waals surface area contributed by atoms with Crippen molar-refractivity contribution in [3.8, 4) is 29.1 Å². The van der Waals surface area contributed by atoms with Crippen molar-refractivity contribution in [2.75, 3.05) is 27.5 Å². The van der Waals surface area contributed by atoms with Crippen LogP contribution in [0.1, 0.15) is 50.8 Å². The van der Waals surface area contributed by atoms with Gasteiger partial charge >= 0.3 is 0 Å². The maximum atomic E-state index is 10.7. The summed E-state index contributed by atoms with van der Waals surface area (Å²) in [7, 11) is 3.78. The van der Waals surface area contributed by atoms with Crippen LogP contribution < -0.4 is 19.1 Å². The number of likely N-dealkylation sites (N-methyl/N-ethyl adjacent to an activating group) is 1. The van der Waals surface area contributed by atoms with E-state index in [4.69, 9.17) is 14.2 Å². The topological polar surface area (TPSA) is 52.4 Å². The Hall–Kier alpha value is -2.16. The summed E-state index contributed by atoms with van der Waals surface area (Å²) in [5.41, 5.74) is 2.47. The molecular weight excluding hydrogens is 342 g/mol. The zero-order chi connectivity index (χ0) is 19.6. The predicted octanol–water partition coefficient (Wildman–Crippen LogP) is 2.04. The van der Waals surface area contributed by atoms with E-state index in [0.29, 0.717) is 17.9 Å². The monoisotopic (exact) mass is 372 g/mol. The predicted molar refractivity (Wildman–Crippen MR) is 104 cm³/mol. The number of ether oxygens (including phenoxy) is 3. The first-order valence-corrected chi connectivity index (χ1v) is 9.52. The van der Waals surface area contributed by atoms with Crippen molar-refractivity contribution in [2.24, 2.45) is 0 Å². The van der Waals surface area contributed by atoms with Gasteiger partial charge in [0.2, 0.25) is 12.5 Å². The molecule has 0 aromatic heterocycles. The fourth-order valence-corrected chi connectivity index (χ4v) is 3.65. The van der Waals surface area contributed by atoms with Crippen LogP contribution in [0, 0.1) is 11.8 Å². The van der Waals surface area contributed by atoms with Crippen molar-refractivity contribution < 1.29 is 24.2 Å². The van der Waals surface area contributed by atoms with Crippen molar-refractivity contribution in [3.63, 3.8) is 0 Å². The van der Waals surface area contributed by atoms with E-state index in [0.717, 1.165) is 30.7 Å². The minimum absolute atomic E-state index is 0.0758. The number of nitrogens with one attached hydrogen (secondary N) is 1. The van der Waals surface area contributed by atoms with E-state index >= 15 is 0 Å². The highest BCUT2D eigenvalue weighted by molar-refractivity contribution is 5.62. The number of rotatable bonds is 4. The van der Waals surface area contributed by atoms with Gasteiger partial charge in [-0.05, 0) is 51.2 Å². The Balaban J connectivity index is 1.93. The second-order valence-corrected chi connectivity index (χ2v) is 7.86. The van der Waals surface area contributed by atoms with Crippen LogP contribution in [0.15, 0.2) is 17.7 Å². The van der Waals surface area contributed by atoms with Crippen LogP contribution in [0.2, 0.25) is 0 Å². The maximum Gasteiger partial charge on any atom is 0.231 e. The second-order valence-electron chi connectivity index (χ2n) is 7.86. The molecule has 2 aliphatic rings. The van der Waals surface area contributed by atoms with E-state index in [1.54, 1.807) is 14.0 Å². The third-order valence-corrected chi connectivity index (χ3v) is 5.19. The molecule has 1 unspecified atom stereocenters. The summed E-state index contributed by atoms with van der Waals surface area (Å²) in [5.74, 6) is 8.57. The number of quaternary nitrogens is 1. The third-order valence-electron chi connectivity index (χ3n) is 5.19. The second kappa shape index (κ2) is 7.84. The van der Waals surface area contributed by atoms with Gasteiger partial charge in [0, 0.05) is 6.42 Å². The first-order chi connectivity index (χ1) is 12.8. The zero-order valence-corrected chi connectivity index (χ0v) is 16.9. The van der Waals surface area contributed by atoms with Crippen molar-refractivity contribution in [1.29, 1.82) is 0 Å². The van der Waals surface area contributed by atoms with E-state index in [-0.39, 0.29) is 12.8 Å². The molecule has 2 N–H and O–H groups in total. The molecule has 146 valence electrons. The van der Waals surface area contributed by atoms with Gasteiger partial charge in [-0.25, -0.2) is 0 Å². The molecule has 1 aromatic carbocycles. The van der Waals surface area contributed by atoms with Gasteiger partial charge in [0.1, 0.15) is 5.60 Å². The molecule has 0 saturated carbocycles. The number of aliphatic hydroxyl groups is 1. The van der Waals surface area contributed by atoms with Crippen LogP contribution in [0.25, 0.3) is 0 Å². The number of fused-ring (bicyclic) bond motifs is 2. The summed E-state index contributed by atoms with van der Waals surface area (Å²) >= 11 is 0. The molecule has 2 aliphatic heterocycles. The van der Waals surface area contributed by atoms with E-state index in [1.165, 1.54) is 16.0 Å². The molecule has 27 heavy (non-hydrogen) atoms. The molecule has 3 atom stereocenters. The summed E-state index contributed by atoms with van der Waals surface area (Å²) < 4.78 is 16.9. The number of hydrogen-bond acceptors (Lipinski definition) is 4. The Morgan fingerprint density at radius 1 is 1.44 bits per heavy atom. The van der Waals surface area contributed by atoms with Crippen LogP contribution in [-0.2, 0) is 6.42 Å². The Morgan fingerprint density at radius 3 is 2.93 bits per heavy atom. The molecule has 5 heteroatoms. The van der Waals surface area contributed by atoms with Crippen LogP contribution in [-0.4, -0.2) is 38.2 Å². The van der Waals surface area contributed by atoms with Gasteiger partial charge in [0.05, 0.1) is 26.3 Å². The van der Waals surface area contributed by atoms with Gasteiger partial charge in [-0.3, -0.25) is 0 Å². The lowest BCUT2D eigenvalue weighted by Gasteiger charge is -2.30. The van der Waals surface area contributed by atoms with E-state index in [1.807, 2.05) is 6.07 Å². The van der Waals surface area contributed by atoms with E-state index < -0.39 is 5.60 Å². The largest absolute Gasteiger partial charge is 0.492 e. The molecule has 0 bridgehead atoms. The number of benzene rings is 1. The van der Waals surface area contributed by atoms with Crippen molar-refractivity contribution >= 4 is 0 Å². The highest BCUT2D eigenvalue weighted by Gasteiger charge is 2.36. The smallest absolute Gasteiger partial charge is 0.231 e. The van der Waals surface area contributed by atoms with E-state index in [2.05, 4.69) is 38.8 Å². The summed E-state index contributed by atoms with van der Waals surface area (Å²) in [6, 6.07) is 1.97. The molecule has 5 nitrogen and oxygen atoms in total. The lowest BCUT2D eigenvalue weighted by molar-refractivity contribution is -0.905. The Kier molecular flexibility index (Phi) is 5.69. The normalized spacial score (nSPS) is 22.1. The molecule has 0 aliphatic carbocycles. The highest BCUT2D eigenvalue weighted by atomic mass is 16.7. The first-order valence-electron chi connectivity index (χ1n) is 9.52. The van der Waals surface area contributed by atoms with Gasteiger partial charge in [-0.15, -0.1) is 0 Å². The molecule has 0 spiro atoms. The van der Waals surface area contributed by atoms with Crippen LogP contribution >= 0.6 is 0 Å². The molecular formula is C22H30NO4+. The van der Waals surface area contributed by atoms with E-state index in [9.17, 15) is 5.11 Å². The highest BCUT2D eigenvalue weighted by Crippen LogP contribution is 2.47. The first kappa shape index (κ1) is 19.6. The quantitative estimate of drug-likeness (QED) is 0.627. The Bertz CT molecular complexity index is 797. The average molecular weight is 372 g/mol. The van der Waals surface area contributed by atoms with Gasteiger partial charge in [0.15, 0.2) is 17.5 Å². The number of allylic oxidation sites excluding steroid dienone is 2. The maximum absolute atomic E-state index is 10.7. The molecule has 0 radical (unpaired) electrons. The van der Waals surface area contributed by atoms with Crippen LogP contribution in [0.5, 0.6) is 17.2 Å². The third kappa shape index (κ3) is 4.23. The molecule has 0 saturated heterocycles. The molecule has 0 amide bonds. The van der Waals surface area contributed by atoms with Crippen molar-refractivity contribution in [1.82, 2.24) is 0 Å². The fraction of sp³-hybridized carbons (Fsp3) is 0.545. The number of hydrogen-bond donors (Lipinski definition) is 2.